The number of halogens is 2. The van der Waals surface area contributed by atoms with Crippen LogP contribution in [0.3, 0.4) is 0 Å². The van der Waals surface area contributed by atoms with Gasteiger partial charge in [-0.1, -0.05) is 48.5 Å². The van der Waals surface area contributed by atoms with Gasteiger partial charge in [-0.2, -0.15) is 0 Å². The van der Waals surface area contributed by atoms with Crippen molar-refractivity contribution >= 4 is 52.7 Å². The van der Waals surface area contributed by atoms with Crippen LogP contribution in [0.25, 0.3) is 0 Å². The summed E-state index contributed by atoms with van der Waals surface area (Å²) in [5.74, 6) is -6.02. The van der Waals surface area contributed by atoms with Crippen LogP contribution in [0.5, 0.6) is 5.75 Å². The predicted octanol–water partition coefficient (Wildman–Crippen LogP) is 3.26. The highest BCUT2D eigenvalue weighted by Gasteiger charge is 2.73. The first-order chi connectivity index (χ1) is 20.0. The normalized spacial score (nSPS) is 25.7. The molecule has 1 heterocycles. The molecule has 3 atom stereocenters. The van der Waals surface area contributed by atoms with Gasteiger partial charge in [-0.15, -0.1) is 23.2 Å². The zero-order chi connectivity index (χ0) is 30.0. The number of benzene rings is 3. The number of carbonyl (C=O) groups excluding carboxylic acids is 5. The Hall–Kier alpha value is -4.21. The molecular formula is C31H24Cl2N2O7. The topological polar surface area (TPSA) is 133 Å². The molecule has 0 saturated carbocycles. The average Bonchev–Trinajstić information content (AvgIpc) is 3.27. The Balaban J connectivity index is 1.36. The number of nitrogens with zero attached hydrogens (tertiary/aromatic N) is 1. The van der Waals surface area contributed by atoms with Gasteiger partial charge in [0.1, 0.15) is 21.5 Å². The van der Waals surface area contributed by atoms with Crippen LogP contribution in [-0.4, -0.2) is 54.1 Å². The van der Waals surface area contributed by atoms with Gasteiger partial charge in [0.25, 0.3) is 0 Å². The van der Waals surface area contributed by atoms with Gasteiger partial charge < -0.3 is 15.2 Å². The lowest BCUT2D eigenvalue weighted by Gasteiger charge is -2.54. The third kappa shape index (κ3) is 3.80. The summed E-state index contributed by atoms with van der Waals surface area (Å²) in [4.78, 5) is 64.2. The molecule has 0 aromatic heterocycles. The van der Waals surface area contributed by atoms with Crippen molar-refractivity contribution in [2.75, 3.05) is 13.7 Å². The van der Waals surface area contributed by atoms with Gasteiger partial charge in [-0.05, 0) is 46.5 Å². The lowest BCUT2D eigenvalue weighted by Crippen LogP contribution is -2.57. The molecule has 0 spiro atoms. The Morgan fingerprint density at radius 3 is 1.69 bits per heavy atom. The van der Waals surface area contributed by atoms with E-state index >= 15 is 0 Å². The minimum atomic E-state index is -1.72. The highest BCUT2D eigenvalue weighted by molar-refractivity contribution is 6.36. The monoisotopic (exact) mass is 606 g/mol. The van der Waals surface area contributed by atoms with Crippen molar-refractivity contribution in [2.24, 2.45) is 17.6 Å². The van der Waals surface area contributed by atoms with Crippen molar-refractivity contribution in [1.29, 1.82) is 0 Å². The second kappa shape index (κ2) is 9.96. The fourth-order valence-corrected chi connectivity index (χ4v) is 7.66. The lowest BCUT2D eigenvalue weighted by molar-refractivity contribution is -0.159. The number of methoxy groups -OCH3 is 1. The van der Waals surface area contributed by atoms with Crippen LogP contribution in [0.4, 0.5) is 0 Å². The second-order valence-electron chi connectivity index (χ2n) is 10.5. The first-order valence-corrected chi connectivity index (χ1v) is 13.9. The van der Waals surface area contributed by atoms with E-state index in [1.807, 2.05) is 0 Å². The number of rotatable bonds is 8. The van der Waals surface area contributed by atoms with E-state index in [0.29, 0.717) is 32.9 Å². The van der Waals surface area contributed by atoms with E-state index in [-0.39, 0.29) is 5.56 Å². The van der Waals surface area contributed by atoms with E-state index in [9.17, 15) is 24.0 Å². The van der Waals surface area contributed by atoms with Crippen molar-refractivity contribution in [3.63, 3.8) is 0 Å². The summed E-state index contributed by atoms with van der Waals surface area (Å²) < 4.78 is 10.3. The molecule has 3 aliphatic carbocycles. The SMILES string of the molecule is COc1ccc(C(=O)COC(=O)[C@@H](CC(N)=O)N2C(=O)[C@@H]3[C@H](C2=O)C2(Cl)c4ccccc4C3(Cl)c3ccccc32)cc1. The van der Waals surface area contributed by atoms with Crippen molar-refractivity contribution in [3.05, 3.63) is 101 Å². The highest BCUT2D eigenvalue weighted by Crippen LogP contribution is 2.69. The van der Waals surface area contributed by atoms with Crippen molar-refractivity contribution < 1.29 is 33.4 Å². The molecule has 1 saturated heterocycles. The average molecular weight is 607 g/mol. The van der Waals surface area contributed by atoms with Gasteiger partial charge in [0.05, 0.1) is 25.4 Å². The number of carbonyl (C=O) groups is 5. The number of hydrogen-bond acceptors (Lipinski definition) is 7. The highest BCUT2D eigenvalue weighted by atomic mass is 35.5. The summed E-state index contributed by atoms with van der Waals surface area (Å²) in [6.45, 7) is -0.695. The van der Waals surface area contributed by atoms with E-state index in [1.165, 1.54) is 19.2 Å². The van der Waals surface area contributed by atoms with Crippen LogP contribution in [0, 0.1) is 11.8 Å². The lowest BCUT2D eigenvalue weighted by atomic mass is 9.54. The number of Topliss-reactive ketones (excluding diaryl/α,β-unsaturated/α-hetero) is 1. The molecule has 1 aliphatic heterocycles. The van der Waals surface area contributed by atoms with Gasteiger partial charge in [0, 0.05) is 5.56 Å². The van der Waals surface area contributed by atoms with Crippen LogP contribution >= 0.6 is 23.2 Å². The molecule has 4 aliphatic rings. The van der Waals surface area contributed by atoms with Crippen molar-refractivity contribution in [1.82, 2.24) is 4.90 Å². The molecular weight excluding hydrogens is 583 g/mol. The zero-order valence-electron chi connectivity index (χ0n) is 22.2. The fraction of sp³-hybridized carbons (Fsp3) is 0.258. The van der Waals surface area contributed by atoms with Crippen LogP contribution in [0.15, 0.2) is 72.8 Å². The van der Waals surface area contributed by atoms with Crippen molar-refractivity contribution in [2.45, 2.75) is 22.2 Å². The Bertz CT molecular complexity index is 1550. The van der Waals surface area contributed by atoms with Gasteiger partial charge in [-0.3, -0.25) is 24.1 Å². The molecule has 7 rings (SSSR count). The van der Waals surface area contributed by atoms with Crippen LogP contribution in [-0.2, 0) is 33.7 Å². The van der Waals surface area contributed by atoms with Gasteiger partial charge in [0.15, 0.2) is 12.4 Å². The number of amides is 3. The Kier molecular flexibility index (Phi) is 6.62. The number of imide groups is 1. The second-order valence-corrected chi connectivity index (χ2v) is 11.7. The maximum absolute atomic E-state index is 14.2. The van der Waals surface area contributed by atoms with E-state index in [0.717, 1.165) is 0 Å². The quantitative estimate of drug-likeness (QED) is 0.180. The molecule has 11 heteroatoms. The molecule has 3 aromatic rings. The van der Waals surface area contributed by atoms with Crippen LogP contribution in [0.1, 0.15) is 39.0 Å². The maximum atomic E-state index is 14.2. The molecule has 42 heavy (non-hydrogen) atoms. The molecule has 3 aromatic carbocycles. The Labute approximate surface area is 250 Å². The summed E-state index contributed by atoms with van der Waals surface area (Å²) >= 11 is 14.8. The summed E-state index contributed by atoms with van der Waals surface area (Å²) in [6.07, 6.45) is -0.711. The predicted molar refractivity (Wildman–Crippen MR) is 151 cm³/mol. The minimum Gasteiger partial charge on any atom is -0.497 e. The summed E-state index contributed by atoms with van der Waals surface area (Å²) in [7, 11) is 1.48. The number of alkyl halides is 2. The Morgan fingerprint density at radius 1 is 0.833 bits per heavy atom. The largest absolute Gasteiger partial charge is 0.497 e. The van der Waals surface area contributed by atoms with Crippen LogP contribution in [0.2, 0.25) is 0 Å². The number of ketones is 1. The number of esters is 1. The number of hydrogen-bond donors (Lipinski definition) is 1. The third-order valence-electron chi connectivity index (χ3n) is 8.36. The van der Waals surface area contributed by atoms with E-state index < -0.39 is 70.1 Å². The Morgan fingerprint density at radius 2 is 1.29 bits per heavy atom. The summed E-state index contributed by atoms with van der Waals surface area (Å²) in [5, 5.41) is 0. The summed E-state index contributed by atoms with van der Waals surface area (Å²) in [6, 6.07) is 18.6. The van der Waals surface area contributed by atoms with E-state index in [4.69, 9.17) is 38.4 Å². The standard InChI is InChI=1S/C31H24Cl2N2O7/c1-41-17-12-10-16(11-13-17)23(36)15-42-29(40)22(14-24(34)37)35-27(38)25-26(28(35)39)31(33)19-7-3-2-6-18(19)30(25,32)20-8-4-5-9-21(20)31/h2-13,22,25-26H,14-15H2,1H3,(H2,34,37)/t22-,25-,26+,30?,31?/m1/s1. The molecule has 1 fully saturated rings. The van der Waals surface area contributed by atoms with Crippen LogP contribution < -0.4 is 10.5 Å². The molecule has 3 amide bonds. The van der Waals surface area contributed by atoms with Gasteiger partial charge in [-0.25, -0.2) is 4.79 Å². The zero-order valence-corrected chi connectivity index (χ0v) is 23.7. The van der Waals surface area contributed by atoms with E-state index in [1.54, 1.807) is 60.7 Å². The number of primary amides is 1. The smallest absolute Gasteiger partial charge is 0.330 e. The minimum absolute atomic E-state index is 0.245. The van der Waals surface area contributed by atoms with E-state index in [2.05, 4.69) is 0 Å². The maximum Gasteiger partial charge on any atom is 0.330 e. The number of ether oxygens (including phenoxy) is 2. The fourth-order valence-electron chi connectivity index (χ4n) is 6.56. The third-order valence-corrected chi connectivity index (χ3v) is 9.64. The first kappa shape index (κ1) is 27.9. The molecule has 0 radical (unpaired) electrons. The van der Waals surface area contributed by atoms with Gasteiger partial charge in [0.2, 0.25) is 17.7 Å². The number of nitrogens with two attached hydrogens (primary N) is 1. The first-order valence-electron chi connectivity index (χ1n) is 13.1. The van der Waals surface area contributed by atoms with Gasteiger partial charge >= 0.3 is 5.97 Å². The molecule has 9 nitrogen and oxygen atoms in total. The molecule has 0 unspecified atom stereocenters. The molecule has 214 valence electrons. The van der Waals surface area contributed by atoms with Crippen molar-refractivity contribution in [3.8, 4) is 5.75 Å². The molecule has 2 bridgehead atoms. The number of likely N-dealkylation sites (tertiary alicyclic amines) is 1. The summed E-state index contributed by atoms with van der Waals surface area (Å²) in [5.41, 5.74) is 8.03. The molecule has 2 N–H and O–H groups in total.